The number of benzene rings is 2. The fourth-order valence-electron chi connectivity index (χ4n) is 2.35. The van der Waals surface area contributed by atoms with Gasteiger partial charge in [-0.05, 0) is 36.4 Å². The predicted octanol–water partition coefficient (Wildman–Crippen LogP) is 2.65. The molecule has 0 atom stereocenters. The van der Waals surface area contributed by atoms with Crippen LogP contribution in [0.2, 0.25) is 5.02 Å². The van der Waals surface area contributed by atoms with E-state index in [1.807, 2.05) is 0 Å². The highest BCUT2D eigenvalue weighted by molar-refractivity contribution is 7.89. The Bertz CT molecular complexity index is 1030. The fraction of sp³-hybridized carbons (Fsp3) is 0.263. The molecule has 0 aliphatic heterocycles. The molecule has 0 saturated heterocycles. The first-order valence-corrected chi connectivity index (χ1v) is 10.1. The summed E-state index contributed by atoms with van der Waals surface area (Å²) < 4.78 is 40.8. The van der Waals surface area contributed by atoms with Gasteiger partial charge in [0.25, 0.3) is 0 Å². The Balaban J connectivity index is 2.23. The molecule has 29 heavy (non-hydrogen) atoms. The summed E-state index contributed by atoms with van der Waals surface area (Å²) in [4.78, 5) is 24.8. The van der Waals surface area contributed by atoms with Gasteiger partial charge in [0.1, 0.15) is 11.5 Å². The van der Waals surface area contributed by atoms with Crippen molar-refractivity contribution in [2.75, 3.05) is 34.9 Å². The van der Waals surface area contributed by atoms with E-state index in [-0.39, 0.29) is 21.0 Å². The molecule has 8 nitrogen and oxygen atoms in total. The maximum atomic E-state index is 12.5. The van der Waals surface area contributed by atoms with Crippen LogP contribution in [0, 0.1) is 0 Å². The Labute approximate surface area is 174 Å². The molecule has 0 fully saturated rings. The second kappa shape index (κ2) is 9.25. The molecule has 0 unspecified atom stereocenters. The highest BCUT2D eigenvalue weighted by Gasteiger charge is 2.22. The number of rotatable bonds is 8. The van der Waals surface area contributed by atoms with Crippen molar-refractivity contribution in [3.05, 3.63) is 52.5 Å². The van der Waals surface area contributed by atoms with Gasteiger partial charge in [0.15, 0.2) is 6.61 Å². The maximum Gasteiger partial charge on any atom is 0.340 e. The van der Waals surface area contributed by atoms with E-state index in [9.17, 15) is 18.0 Å². The standard InChI is InChI=1S/C19H20ClNO7S/c1-21(2)29(24,25)13-6-7-16(20)14(10-13)19(23)28-11-17(22)15-9-12(26-3)5-8-18(15)27-4/h5-10H,11H2,1-4H3. The molecule has 156 valence electrons. The van der Waals surface area contributed by atoms with Crippen molar-refractivity contribution in [2.24, 2.45) is 0 Å². The number of ether oxygens (including phenoxy) is 3. The monoisotopic (exact) mass is 441 g/mol. The second-order valence-corrected chi connectivity index (χ2v) is 8.55. The highest BCUT2D eigenvalue weighted by Crippen LogP contribution is 2.25. The van der Waals surface area contributed by atoms with Crippen LogP contribution >= 0.6 is 11.6 Å². The first-order valence-electron chi connectivity index (χ1n) is 8.26. The third kappa shape index (κ3) is 5.06. The number of sulfonamides is 1. The lowest BCUT2D eigenvalue weighted by atomic mass is 10.1. The topological polar surface area (TPSA) is 99.2 Å². The summed E-state index contributed by atoms with van der Waals surface area (Å²) in [6, 6.07) is 8.31. The summed E-state index contributed by atoms with van der Waals surface area (Å²) in [6.07, 6.45) is 0. The van der Waals surface area contributed by atoms with Gasteiger partial charge in [0.05, 0.1) is 35.3 Å². The van der Waals surface area contributed by atoms with Gasteiger partial charge < -0.3 is 14.2 Å². The average molecular weight is 442 g/mol. The number of nitrogens with zero attached hydrogens (tertiary/aromatic N) is 1. The van der Waals surface area contributed by atoms with Gasteiger partial charge >= 0.3 is 5.97 Å². The molecule has 2 aromatic rings. The third-order valence-electron chi connectivity index (χ3n) is 3.98. The van der Waals surface area contributed by atoms with Crippen molar-refractivity contribution in [3.8, 4) is 11.5 Å². The van der Waals surface area contributed by atoms with E-state index in [1.165, 1.54) is 46.5 Å². The Morgan fingerprint density at radius 1 is 1.00 bits per heavy atom. The summed E-state index contributed by atoms with van der Waals surface area (Å²) in [5.74, 6) is -0.725. The Morgan fingerprint density at radius 2 is 1.69 bits per heavy atom. The molecule has 0 spiro atoms. The number of esters is 1. The summed E-state index contributed by atoms with van der Waals surface area (Å²) in [7, 11) is 1.81. The van der Waals surface area contributed by atoms with Crippen LogP contribution in [0.3, 0.4) is 0 Å². The van der Waals surface area contributed by atoms with Gasteiger partial charge in [0, 0.05) is 14.1 Å². The predicted molar refractivity (Wildman–Crippen MR) is 106 cm³/mol. The first-order chi connectivity index (χ1) is 13.6. The lowest BCUT2D eigenvalue weighted by Gasteiger charge is -2.13. The average Bonchev–Trinajstić information content (AvgIpc) is 2.71. The van der Waals surface area contributed by atoms with Crippen LogP contribution in [0.25, 0.3) is 0 Å². The zero-order valence-electron chi connectivity index (χ0n) is 16.3. The molecule has 0 aromatic heterocycles. The minimum Gasteiger partial charge on any atom is -0.497 e. The van der Waals surface area contributed by atoms with Gasteiger partial charge in [-0.25, -0.2) is 17.5 Å². The summed E-state index contributed by atoms with van der Waals surface area (Å²) in [6.45, 7) is -0.594. The van der Waals surface area contributed by atoms with Crippen LogP contribution in [0.15, 0.2) is 41.3 Å². The van der Waals surface area contributed by atoms with Gasteiger partial charge in [0.2, 0.25) is 15.8 Å². The van der Waals surface area contributed by atoms with Gasteiger partial charge in [-0.15, -0.1) is 0 Å². The number of Topliss-reactive ketones (excluding diaryl/α,β-unsaturated/α-hetero) is 1. The molecule has 0 N–H and O–H groups in total. The number of hydrogen-bond acceptors (Lipinski definition) is 7. The Hall–Kier alpha value is -2.62. The lowest BCUT2D eigenvalue weighted by molar-refractivity contribution is 0.0474. The molecule has 0 heterocycles. The number of methoxy groups -OCH3 is 2. The van der Waals surface area contributed by atoms with Crippen LogP contribution < -0.4 is 9.47 Å². The zero-order valence-corrected chi connectivity index (χ0v) is 17.8. The van der Waals surface area contributed by atoms with E-state index in [1.54, 1.807) is 12.1 Å². The molecule has 0 radical (unpaired) electrons. The number of carbonyl (C=O) groups is 2. The van der Waals surface area contributed by atoms with E-state index in [2.05, 4.69) is 0 Å². The largest absolute Gasteiger partial charge is 0.497 e. The SMILES string of the molecule is COc1ccc(OC)c(C(=O)COC(=O)c2cc(S(=O)(=O)N(C)C)ccc2Cl)c1. The quantitative estimate of drug-likeness (QED) is 0.458. The summed E-state index contributed by atoms with van der Waals surface area (Å²) >= 11 is 6.01. The normalized spacial score (nSPS) is 11.2. The van der Waals surface area contributed by atoms with Gasteiger partial charge in [-0.2, -0.15) is 0 Å². The number of carbonyl (C=O) groups excluding carboxylic acids is 2. The molecule has 0 saturated carbocycles. The number of hydrogen-bond donors (Lipinski definition) is 0. The molecular weight excluding hydrogens is 422 g/mol. The van der Waals surface area contributed by atoms with Crippen molar-refractivity contribution in [3.63, 3.8) is 0 Å². The zero-order chi connectivity index (χ0) is 21.8. The maximum absolute atomic E-state index is 12.5. The Morgan fingerprint density at radius 3 is 2.28 bits per heavy atom. The minimum absolute atomic E-state index is 0.000819. The molecule has 2 rings (SSSR count). The van der Waals surface area contributed by atoms with Crippen LogP contribution in [-0.2, 0) is 14.8 Å². The summed E-state index contributed by atoms with van der Waals surface area (Å²) in [5.41, 5.74) is 0.00896. The highest BCUT2D eigenvalue weighted by atomic mass is 35.5. The van der Waals surface area contributed by atoms with Crippen LogP contribution in [0.5, 0.6) is 11.5 Å². The molecule has 0 bridgehead atoms. The van der Waals surface area contributed by atoms with Crippen molar-refractivity contribution >= 4 is 33.4 Å². The fourth-order valence-corrected chi connectivity index (χ4v) is 3.47. The second-order valence-electron chi connectivity index (χ2n) is 5.99. The number of halogens is 1. The van der Waals surface area contributed by atoms with E-state index in [0.29, 0.717) is 11.5 Å². The van der Waals surface area contributed by atoms with Crippen LogP contribution in [0.1, 0.15) is 20.7 Å². The van der Waals surface area contributed by atoms with Crippen molar-refractivity contribution < 1.29 is 32.2 Å². The molecule has 10 heteroatoms. The molecule has 2 aromatic carbocycles. The smallest absolute Gasteiger partial charge is 0.340 e. The van der Waals surface area contributed by atoms with Crippen molar-refractivity contribution in [2.45, 2.75) is 4.90 Å². The lowest BCUT2D eigenvalue weighted by Crippen LogP contribution is -2.22. The number of ketones is 1. The Kier molecular flexibility index (Phi) is 7.23. The summed E-state index contributed by atoms with van der Waals surface area (Å²) in [5, 5.41) is -0.000819. The van der Waals surface area contributed by atoms with Crippen molar-refractivity contribution in [1.29, 1.82) is 0 Å². The third-order valence-corrected chi connectivity index (χ3v) is 6.12. The first kappa shape index (κ1) is 22.7. The van der Waals surface area contributed by atoms with E-state index < -0.39 is 28.4 Å². The minimum atomic E-state index is -3.77. The molecule has 0 aliphatic rings. The van der Waals surface area contributed by atoms with E-state index in [4.69, 9.17) is 25.8 Å². The molecular formula is C19H20ClNO7S. The van der Waals surface area contributed by atoms with Crippen LogP contribution in [-0.4, -0.2) is 59.4 Å². The van der Waals surface area contributed by atoms with Gasteiger partial charge in [-0.3, -0.25) is 4.79 Å². The van der Waals surface area contributed by atoms with Crippen molar-refractivity contribution in [1.82, 2.24) is 4.31 Å². The molecule has 0 aliphatic carbocycles. The van der Waals surface area contributed by atoms with Gasteiger partial charge in [-0.1, -0.05) is 11.6 Å². The van der Waals surface area contributed by atoms with E-state index in [0.717, 1.165) is 10.4 Å². The molecule has 0 amide bonds. The van der Waals surface area contributed by atoms with E-state index >= 15 is 0 Å². The van der Waals surface area contributed by atoms with Crippen LogP contribution in [0.4, 0.5) is 0 Å².